The number of carbonyl (C=O) groups is 1. The lowest BCUT2D eigenvalue weighted by Crippen LogP contribution is -2.18. The number of rotatable bonds is 4. The first-order valence-corrected chi connectivity index (χ1v) is 9.16. The van der Waals surface area contributed by atoms with E-state index in [4.69, 9.17) is 5.73 Å². The summed E-state index contributed by atoms with van der Waals surface area (Å²) >= 11 is 3.08. The fraction of sp³-hybridized carbons (Fsp3) is 0.643. The molecular weight excluding hydrogens is 290 g/mol. The molecule has 112 valence electrons. The summed E-state index contributed by atoms with van der Waals surface area (Å²) in [6, 6.07) is 0.513. The summed E-state index contributed by atoms with van der Waals surface area (Å²) in [5.41, 5.74) is 6.73. The van der Waals surface area contributed by atoms with Crippen LogP contribution in [0, 0.1) is 0 Å². The first kappa shape index (κ1) is 15.5. The van der Waals surface area contributed by atoms with E-state index in [0.717, 1.165) is 9.90 Å². The van der Waals surface area contributed by atoms with Crippen molar-refractivity contribution in [1.82, 2.24) is 5.32 Å². The second kappa shape index (κ2) is 7.22. The summed E-state index contributed by atoms with van der Waals surface area (Å²) in [4.78, 5) is 13.5. The Morgan fingerprint density at radius 2 is 1.95 bits per heavy atom. The molecule has 1 saturated carbocycles. The van der Waals surface area contributed by atoms with Crippen LogP contribution in [0.4, 0.5) is 10.7 Å². The van der Waals surface area contributed by atoms with Gasteiger partial charge in [0.25, 0.3) is 5.91 Å². The van der Waals surface area contributed by atoms with E-state index in [1.807, 2.05) is 6.26 Å². The average Bonchev–Trinajstić information content (AvgIpc) is 2.63. The standard InChI is InChI=1S/C14H23N3OS2/c1-16-13(18)11-10(15)12(19-2)14(20-11)17-9-7-5-3-4-6-8-9/h9,17H,3-8,15H2,1-2H3,(H,16,18). The SMILES string of the molecule is CNC(=O)c1sc(NC2CCCCCC2)c(SC)c1N. The zero-order valence-corrected chi connectivity index (χ0v) is 13.8. The first-order valence-electron chi connectivity index (χ1n) is 7.12. The van der Waals surface area contributed by atoms with Gasteiger partial charge in [-0.3, -0.25) is 4.79 Å². The average molecular weight is 313 g/mol. The van der Waals surface area contributed by atoms with Gasteiger partial charge in [0.15, 0.2) is 0 Å². The topological polar surface area (TPSA) is 67.2 Å². The van der Waals surface area contributed by atoms with E-state index >= 15 is 0 Å². The summed E-state index contributed by atoms with van der Waals surface area (Å²) < 4.78 is 0. The number of nitrogens with one attached hydrogen (secondary N) is 2. The zero-order valence-electron chi connectivity index (χ0n) is 12.1. The fourth-order valence-corrected chi connectivity index (χ4v) is 4.66. The minimum atomic E-state index is -0.100. The van der Waals surface area contributed by atoms with Gasteiger partial charge in [0.1, 0.15) is 9.88 Å². The third-order valence-electron chi connectivity index (χ3n) is 3.73. The van der Waals surface area contributed by atoms with E-state index in [9.17, 15) is 4.79 Å². The van der Waals surface area contributed by atoms with Crippen molar-refractivity contribution < 1.29 is 4.79 Å². The van der Waals surface area contributed by atoms with Crippen molar-refractivity contribution in [2.75, 3.05) is 24.4 Å². The molecule has 0 saturated heterocycles. The zero-order chi connectivity index (χ0) is 14.5. The molecule has 2 rings (SSSR count). The molecule has 1 aliphatic carbocycles. The molecule has 6 heteroatoms. The Morgan fingerprint density at radius 3 is 2.50 bits per heavy atom. The van der Waals surface area contributed by atoms with Gasteiger partial charge in [0, 0.05) is 13.1 Å². The van der Waals surface area contributed by atoms with Crippen molar-refractivity contribution in [2.24, 2.45) is 0 Å². The number of hydrogen-bond acceptors (Lipinski definition) is 5. The van der Waals surface area contributed by atoms with Crippen LogP contribution < -0.4 is 16.4 Å². The van der Waals surface area contributed by atoms with E-state index in [0.29, 0.717) is 16.6 Å². The Labute approximate surface area is 128 Å². The molecule has 0 aliphatic heterocycles. The molecule has 1 aromatic heterocycles. The van der Waals surface area contributed by atoms with Crippen molar-refractivity contribution >= 4 is 39.7 Å². The largest absolute Gasteiger partial charge is 0.396 e. The van der Waals surface area contributed by atoms with Crippen molar-refractivity contribution in [2.45, 2.75) is 49.5 Å². The minimum Gasteiger partial charge on any atom is -0.396 e. The van der Waals surface area contributed by atoms with Crippen LogP contribution >= 0.6 is 23.1 Å². The van der Waals surface area contributed by atoms with Crippen LogP contribution in [0.2, 0.25) is 0 Å². The maximum absolute atomic E-state index is 11.8. The van der Waals surface area contributed by atoms with Gasteiger partial charge in [-0.2, -0.15) is 0 Å². The number of nitrogens with two attached hydrogens (primary N) is 1. The molecule has 1 fully saturated rings. The van der Waals surface area contributed by atoms with Crippen LogP contribution in [0.1, 0.15) is 48.2 Å². The van der Waals surface area contributed by atoms with E-state index in [1.54, 1.807) is 18.8 Å². The molecule has 1 heterocycles. The predicted molar refractivity (Wildman–Crippen MR) is 89.0 cm³/mol. The van der Waals surface area contributed by atoms with Crippen LogP contribution in [0.3, 0.4) is 0 Å². The van der Waals surface area contributed by atoms with Crippen molar-refractivity contribution in [3.63, 3.8) is 0 Å². The van der Waals surface area contributed by atoms with Gasteiger partial charge in [0.2, 0.25) is 0 Å². The van der Waals surface area contributed by atoms with Crippen LogP contribution in [0.5, 0.6) is 0 Å². The highest BCUT2D eigenvalue weighted by molar-refractivity contribution is 7.99. The summed E-state index contributed by atoms with van der Waals surface area (Å²) in [5.74, 6) is -0.100. The summed E-state index contributed by atoms with van der Waals surface area (Å²) in [6.07, 6.45) is 9.67. The van der Waals surface area contributed by atoms with Crippen LogP contribution in [0.25, 0.3) is 0 Å². The molecule has 1 aliphatic rings. The Kier molecular flexibility index (Phi) is 5.60. The second-order valence-corrected chi connectivity index (χ2v) is 6.96. The number of thiophene rings is 1. The summed E-state index contributed by atoms with van der Waals surface area (Å²) in [6.45, 7) is 0. The number of hydrogen-bond donors (Lipinski definition) is 3. The lowest BCUT2D eigenvalue weighted by Gasteiger charge is -2.17. The summed E-state index contributed by atoms with van der Waals surface area (Å²) in [5, 5.41) is 7.33. The molecule has 1 amide bonds. The molecular formula is C14H23N3OS2. The number of amides is 1. The Balaban J connectivity index is 2.19. The highest BCUT2D eigenvalue weighted by atomic mass is 32.2. The quantitative estimate of drug-likeness (QED) is 0.587. The van der Waals surface area contributed by atoms with E-state index < -0.39 is 0 Å². The number of nitrogen functional groups attached to an aromatic ring is 1. The second-order valence-electron chi connectivity index (χ2n) is 5.12. The molecule has 1 aromatic rings. The highest BCUT2D eigenvalue weighted by Gasteiger charge is 2.22. The molecule has 0 unspecified atom stereocenters. The van der Waals surface area contributed by atoms with Crippen LogP contribution in [-0.4, -0.2) is 25.3 Å². The van der Waals surface area contributed by atoms with Crippen LogP contribution in [-0.2, 0) is 0 Å². The first-order chi connectivity index (χ1) is 9.67. The van der Waals surface area contributed by atoms with E-state index in [1.165, 1.54) is 49.9 Å². The van der Waals surface area contributed by atoms with E-state index in [2.05, 4.69) is 10.6 Å². The smallest absolute Gasteiger partial charge is 0.263 e. The molecule has 20 heavy (non-hydrogen) atoms. The van der Waals surface area contributed by atoms with Gasteiger partial charge in [-0.1, -0.05) is 25.7 Å². The lowest BCUT2D eigenvalue weighted by atomic mass is 10.1. The highest BCUT2D eigenvalue weighted by Crippen LogP contribution is 2.42. The van der Waals surface area contributed by atoms with Gasteiger partial charge in [0.05, 0.1) is 10.6 Å². The summed E-state index contributed by atoms with van der Waals surface area (Å²) in [7, 11) is 1.64. The van der Waals surface area contributed by atoms with Gasteiger partial charge >= 0.3 is 0 Å². The molecule has 0 aromatic carbocycles. The molecule has 0 bridgehead atoms. The maximum atomic E-state index is 11.8. The third-order valence-corrected chi connectivity index (χ3v) is 5.82. The molecule has 0 atom stereocenters. The molecule has 0 spiro atoms. The van der Waals surface area contributed by atoms with Gasteiger partial charge in [-0.05, 0) is 19.1 Å². The Bertz CT molecular complexity index is 465. The number of carbonyl (C=O) groups excluding carboxylic acids is 1. The third kappa shape index (κ3) is 3.41. The Hall–Kier alpha value is -0.880. The van der Waals surface area contributed by atoms with Crippen LogP contribution in [0.15, 0.2) is 4.90 Å². The van der Waals surface area contributed by atoms with Crippen molar-refractivity contribution in [3.05, 3.63) is 4.88 Å². The molecule has 4 nitrogen and oxygen atoms in total. The lowest BCUT2D eigenvalue weighted by molar-refractivity contribution is 0.0968. The van der Waals surface area contributed by atoms with Gasteiger partial charge in [-0.25, -0.2) is 0 Å². The number of thioether (sulfide) groups is 1. The molecule has 0 radical (unpaired) electrons. The number of anilines is 2. The van der Waals surface area contributed by atoms with Gasteiger partial charge in [-0.15, -0.1) is 23.1 Å². The minimum absolute atomic E-state index is 0.100. The van der Waals surface area contributed by atoms with Crippen molar-refractivity contribution in [3.8, 4) is 0 Å². The maximum Gasteiger partial charge on any atom is 0.263 e. The molecule has 4 N–H and O–H groups in total. The monoisotopic (exact) mass is 313 g/mol. The fourth-order valence-electron chi connectivity index (χ4n) is 2.62. The normalized spacial score (nSPS) is 16.7. The Morgan fingerprint density at radius 1 is 1.30 bits per heavy atom. The predicted octanol–water partition coefficient (Wildman–Crippen LogP) is 3.55. The van der Waals surface area contributed by atoms with E-state index in [-0.39, 0.29) is 5.91 Å². The van der Waals surface area contributed by atoms with Gasteiger partial charge < -0.3 is 16.4 Å². The van der Waals surface area contributed by atoms with Crippen molar-refractivity contribution in [1.29, 1.82) is 0 Å².